The monoisotopic (exact) mass is 1270 g/mol. The molecule has 0 bridgehead atoms. The predicted molar refractivity (Wildman–Crippen MR) is 407 cm³/mol. The van der Waals surface area contributed by atoms with Gasteiger partial charge in [-0.05, 0) is 209 Å². The van der Waals surface area contributed by atoms with Crippen LogP contribution in [-0.4, -0.2) is 66.1 Å². The fraction of sp³-hybridized carbons (Fsp3) is 0.581. The molecule has 6 aromatic rings. The summed E-state index contributed by atoms with van der Waals surface area (Å²) in [4.78, 5) is 7.05. The number of aryl methyl sites for hydroxylation is 2. The molecule has 4 atom stereocenters. The van der Waals surface area contributed by atoms with Crippen LogP contribution in [-0.2, 0) is 54.9 Å². The van der Waals surface area contributed by atoms with Crippen LogP contribution in [0.5, 0.6) is 23.0 Å². The molecular weight excluding hydrogens is 1140 g/mol. The first-order chi connectivity index (χ1) is 43.0. The van der Waals surface area contributed by atoms with E-state index in [1.807, 2.05) is 37.3 Å². The predicted octanol–water partition coefficient (Wildman–Crippen LogP) is 22.7. The van der Waals surface area contributed by atoms with E-state index in [1.165, 1.54) is 60.2 Å². The topological polar surface area (TPSA) is 90.6 Å². The lowest BCUT2D eigenvalue weighted by atomic mass is 9.73. The number of anilines is 2. The van der Waals surface area contributed by atoms with Crippen LogP contribution in [0.15, 0.2) is 127 Å². The molecule has 6 rings (SSSR count). The lowest BCUT2D eigenvalue weighted by molar-refractivity contribution is 0.145. The average Bonchev–Trinajstić information content (AvgIpc) is 0.844. The van der Waals surface area contributed by atoms with Gasteiger partial charge in [-0.3, -0.25) is 0 Å². The Bertz CT molecular complexity index is 3100. The van der Waals surface area contributed by atoms with Crippen LogP contribution in [0.25, 0.3) is 0 Å². The molecule has 93 heavy (non-hydrogen) atoms. The van der Waals surface area contributed by atoms with Crippen molar-refractivity contribution in [2.75, 3.05) is 44.5 Å². The average molecular weight is 1280 g/mol. The fourth-order valence-electron chi connectivity index (χ4n) is 12.2. The van der Waals surface area contributed by atoms with Crippen LogP contribution >= 0.6 is 0 Å². The van der Waals surface area contributed by atoms with Gasteiger partial charge in [0.1, 0.15) is 23.0 Å². The number of rotatable bonds is 23. The molecule has 0 saturated carbocycles. The SMILES string of the molecule is CCCc1cc(N(C)Cc2ccc(C(C)(C)C)cc2)cc(CC(C)CCC)c1O.CCc1ccccc1O.CN(C)C(CCC(C)(C)C)CC(Cc1ccccc1O)C(C)(C)C.CN(CCC(Cc1cccc(C(C)(C)C)c1O)C(C)(C)C)c1ccc(C(C)(C)C)cc1. The smallest absolute Gasteiger partial charge is 0.122 e. The molecule has 0 aliphatic rings. The molecule has 0 spiro atoms. The van der Waals surface area contributed by atoms with E-state index < -0.39 is 0 Å². The van der Waals surface area contributed by atoms with Crippen molar-refractivity contribution in [3.8, 4) is 23.0 Å². The van der Waals surface area contributed by atoms with Crippen LogP contribution in [0.3, 0.4) is 0 Å². The van der Waals surface area contributed by atoms with Gasteiger partial charge in [-0.25, -0.2) is 0 Å². The summed E-state index contributed by atoms with van der Waals surface area (Å²) in [6, 6.07) is 44.4. The number of para-hydroxylation sites is 3. The van der Waals surface area contributed by atoms with Crippen LogP contribution in [0.4, 0.5) is 11.4 Å². The summed E-state index contributed by atoms with van der Waals surface area (Å²) >= 11 is 0. The molecule has 0 aliphatic carbocycles. The van der Waals surface area contributed by atoms with Gasteiger partial charge in [0, 0.05) is 44.6 Å². The number of benzene rings is 6. The number of hydrogen-bond donors (Lipinski definition) is 4. The Balaban J connectivity index is 0.000000342. The molecule has 0 amide bonds. The van der Waals surface area contributed by atoms with E-state index in [1.54, 1.807) is 12.1 Å². The van der Waals surface area contributed by atoms with E-state index >= 15 is 0 Å². The molecular formula is C86H135N3O4. The van der Waals surface area contributed by atoms with E-state index in [2.05, 4.69) is 273 Å². The second kappa shape index (κ2) is 36.3. The first kappa shape index (κ1) is 81.3. The van der Waals surface area contributed by atoms with Crippen molar-refractivity contribution in [2.24, 2.45) is 34.0 Å². The minimum Gasteiger partial charge on any atom is -0.508 e. The maximum absolute atomic E-state index is 11.0. The van der Waals surface area contributed by atoms with Gasteiger partial charge in [-0.1, -0.05) is 263 Å². The molecule has 0 aromatic heterocycles. The van der Waals surface area contributed by atoms with Crippen molar-refractivity contribution in [1.82, 2.24) is 4.90 Å². The number of hydrogen-bond acceptors (Lipinski definition) is 7. The molecule has 6 aromatic carbocycles. The van der Waals surface area contributed by atoms with Gasteiger partial charge in [0.2, 0.25) is 0 Å². The van der Waals surface area contributed by atoms with Crippen LogP contribution in [0, 0.1) is 34.0 Å². The highest BCUT2D eigenvalue weighted by molar-refractivity contribution is 5.57. The number of phenols is 4. The molecule has 518 valence electrons. The van der Waals surface area contributed by atoms with Crippen LogP contribution < -0.4 is 9.80 Å². The lowest BCUT2D eigenvalue weighted by Crippen LogP contribution is -2.35. The number of phenolic OH excluding ortho intramolecular Hbond substituents is 4. The molecule has 4 N–H and O–H groups in total. The zero-order valence-electron chi connectivity index (χ0n) is 64.0. The molecule has 0 heterocycles. The van der Waals surface area contributed by atoms with E-state index in [9.17, 15) is 15.3 Å². The largest absolute Gasteiger partial charge is 0.508 e. The molecule has 0 radical (unpaired) electrons. The summed E-state index contributed by atoms with van der Waals surface area (Å²) < 4.78 is 0. The second-order valence-electron chi connectivity index (χ2n) is 33.9. The van der Waals surface area contributed by atoms with Crippen molar-refractivity contribution in [1.29, 1.82) is 0 Å². The van der Waals surface area contributed by atoms with Gasteiger partial charge >= 0.3 is 0 Å². The third-order valence-electron chi connectivity index (χ3n) is 19.0. The lowest BCUT2D eigenvalue weighted by Gasteiger charge is -2.37. The number of nitrogens with zero attached hydrogens (tertiary/aromatic N) is 3. The first-order valence-electron chi connectivity index (χ1n) is 35.5. The van der Waals surface area contributed by atoms with Gasteiger partial charge in [0.25, 0.3) is 0 Å². The molecule has 7 nitrogen and oxygen atoms in total. The van der Waals surface area contributed by atoms with Gasteiger partial charge < -0.3 is 35.1 Å². The summed E-state index contributed by atoms with van der Waals surface area (Å²) in [6.45, 7) is 51.5. The number of aromatic hydroxyl groups is 4. The minimum atomic E-state index is -0.0588. The third-order valence-corrected chi connectivity index (χ3v) is 19.0. The Morgan fingerprint density at radius 1 is 0.430 bits per heavy atom. The zero-order valence-corrected chi connectivity index (χ0v) is 64.0. The fourth-order valence-corrected chi connectivity index (χ4v) is 12.2. The van der Waals surface area contributed by atoms with Gasteiger partial charge in [-0.2, -0.15) is 0 Å². The van der Waals surface area contributed by atoms with Gasteiger partial charge in [-0.15, -0.1) is 0 Å². The molecule has 0 aliphatic heterocycles. The standard InChI is InChI=1S/C29H45NO.C27H41NO.C22H39NO.C8H10O/c1-27(2,3)22-14-16-24(17-15-22)30(10)19-18-23(28(4,5)6)20-21-12-11-13-25(26(21)31)29(7,8)9;1-8-10-20(3)16-23-18-25(17-22(11-9-2)26(23)29)28(7)19-21-12-14-24(15-13-21)27(4,5)6;1-21(2,3)14-13-19(23(7)8)16-18(22(4,5)6)15-17-11-9-10-12-20(17)24;1-2-7-5-3-4-6-8(7)9/h11-17,23,31H,18-20H2,1-10H3;12-15,17-18,20,29H,8-11,16,19H2,1-7H3;9-12,18-19,24H,13-16H2,1-8H3;3-6,9H,2H2,1H3. The van der Waals surface area contributed by atoms with Crippen molar-refractivity contribution >= 4 is 11.4 Å². The van der Waals surface area contributed by atoms with E-state index in [0.29, 0.717) is 52.2 Å². The van der Waals surface area contributed by atoms with Gasteiger partial charge in [0.15, 0.2) is 0 Å². The van der Waals surface area contributed by atoms with Crippen molar-refractivity contribution < 1.29 is 20.4 Å². The summed E-state index contributed by atoms with van der Waals surface area (Å²) in [6.07, 6.45) is 12.7. The highest BCUT2D eigenvalue weighted by Gasteiger charge is 2.31. The Morgan fingerprint density at radius 2 is 0.925 bits per heavy atom. The summed E-state index contributed by atoms with van der Waals surface area (Å²) in [7, 11) is 8.74. The van der Waals surface area contributed by atoms with E-state index in [-0.39, 0.29) is 27.1 Å². The second-order valence-corrected chi connectivity index (χ2v) is 33.9. The summed E-state index contributed by atoms with van der Waals surface area (Å²) in [5, 5.41) is 41.1. The summed E-state index contributed by atoms with van der Waals surface area (Å²) in [5.74, 6) is 3.44. The Kier molecular flexibility index (Phi) is 31.7. The normalized spacial score (nSPS) is 13.5. The van der Waals surface area contributed by atoms with E-state index in [0.717, 1.165) is 91.4 Å². The highest BCUT2D eigenvalue weighted by atomic mass is 16.3. The summed E-state index contributed by atoms with van der Waals surface area (Å²) in [5.41, 5.74) is 14.0. The van der Waals surface area contributed by atoms with Crippen LogP contribution in [0.2, 0.25) is 0 Å². The molecule has 0 fully saturated rings. The van der Waals surface area contributed by atoms with Crippen LogP contribution in [0.1, 0.15) is 247 Å². The van der Waals surface area contributed by atoms with Crippen molar-refractivity contribution in [3.05, 3.63) is 177 Å². The Morgan fingerprint density at radius 3 is 1.38 bits per heavy atom. The molecule has 4 unspecified atom stereocenters. The Hall–Kier alpha value is -5.92. The van der Waals surface area contributed by atoms with E-state index in [4.69, 9.17) is 5.11 Å². The maximum atomic E-state index is 11.0. The maximum Gasteiger partial charge on any atom is 0.122 e. The first-order valence-corrected chi connectivity index (χ1v) is 35.5. The molecule has 0 saturated heterocycles. The van der Waals surface area contributed by atoms with Crippen molar-refractivity contribution in [2.45, 2.75) is 258 Å². The third kappa shape index (κ3) is 28.1. The highest BCUT2D eigenvalue weighted by Crippen LogP contribution is 2.41. The zero-order chi connectivity index (χ0) is 70.5. The van der Waals surface area contributed by atoms with Crippen molar-refractivity contribution in [3.63, 3.8) is 0 Å². The quantitative estimate of drug-likeness (QED) is 0.0508. The van der Waals surface area contributed by atoms with Gasteiger partial charge in [0.05, 0.1) is 0 Å². The Labute approximate surface area is 570 Å². The molecule has 7 heteroatoms. The minimum absolute atomic E-state index is 0.0588.